The molecular formula is C28H23N3O5. The molecule has 0 unspecified atom stereocenters. The van der Waals surface area contributed by atoms with Crippen LogP contribution in [0.4, 0.5) is 4.79 Å². The van der Waals surface area contributed by atoms with Crippen LogP contribution in [0.15, 0.2) is 91.1 Å². The SMILES string of the molecule is O=C(C(=O)N1CCN(C(=O)c2ccccc2)CC1)c1cn(C(=O)Oc2ccccc2)c2ccccc12. The number of Topliss-reactive ketones (excluding diaryl/α,β-unsaturated/α-hetero) is 1. The number of ketones is 1. The van der Waals surface area contributed by atoms with Crippen molar-refractivity contribution < 1.29 is 23.9 Å². The van der Waals surface area contributed by atoms with Gasteiger partial charge in [-0.1, -0.05) is 54.6 Å². The van der Waals surface area contributed by atoms with Crippen LogP contribution in [0.25, 0.3) is 10.9 Å². The second-order valence-electron chi connectivity index (χ2n) is 8.39. The zero-order valence-electron chi connectivity index (χ0n) is 19.4. The normalized spacial score (nSPS) is 13.4. The maximum absolute atomic E-state index is 13.3. The van der Waals surface area contributed by atoms with Crippen LogP contribution in [-0.4, -0.2) is 64.2 Å². The summed E-state index contributed by atoms with van der Waals surface area (Å²) in [5.41, 5.74) is 1.18. The molecule has 36 heavy (non-hydrogen) atoms. The van der Waals surface area contributed by atoms with Gasteiger partial charge in [-0.15, -0.1) is 0 Å². The number of nitrogens with zero attached hydrogens (tertiary/aromatic N) is 3. The summed E-state index contributed by atoms with van der Waals surface area (Å²) in [5, 5.41) is 0.485. The van der Waals surface area contributed by atoms with Crippen LogP contribution in [0.2, 0.25) is 0 Å². The maximum atomic E-state index is 13.3. The van der Waals surface area contributed by atoms with Crippen molar-refractivity contribution in [1.29, 1.82) is 0 Å². The molecule has 3 aromatic carbocycles. The number of benzene rings is 3. The van der Waals surface area contributed by atoms with Crippen LogP contribution in [0, 0.1) is 0 Å². The minimum absolute atomic E-state index is 0.103. The van der Waals surface area contributed by atoms with Crippen LogP contribution in [0.3, 0.4) is 0 Å². The Bertz CT molecular complexity index is 1440. The number of hydrogen-bond acceptors (Lipinski definition) is 5. The first kappa shape index (κ1) is 23.0. The number of hydrogen-bond donors (Lipinski definition) is 0. The van der Waals surface area contributed by atoms with E-state index >= 15 is 0 Å². The monoisotopic (exact) mass is 481 g/mol. The first-order chi connectivity index (χ1) is 17.5. The molecule has 2 heterocycles. The summed E-state index contributed by atoms with van der Waals surface area (Å²) in [5.74, 6) is -1.11. The predicted molar refractivity (Wildman–Crippen MR) is 133 cm³/mol. The van der Waals surface area contributed by atoms with E-state index in [4.69, 9.17) is 4.74 Å². The van der Waals surface area contributed by atoms with Gasteiger partial charge in [-0.3, -0.25) is 19.0 Å². The minimum Gasteiger partial charge on any atom is -0.410 e. The molecule has 0 N–H and O–H groups in total. The Morgan fingerprint density at radius 1 is 0.667 bits per heavy atom. The Balaban J connectivity index is 1.32. The Hall–Kier alpha value is -4.72. The van der Waals surface area contributed by atoms with Gasteiger partial charge in [0.1, 0.15) is 5.75 Å². The van der Waals surface area contributed by atoms with Gasteiger partial charge in [0.05, 0.1) is 11.1 Å². The molecule has 2 amide bonds. The second kappa shape index (κ2) is 9.87. The molecule has 1 aromatic heterocycles. The highest BCUT2D eigenvalue weighted by Crippen LogP contribution is 2.24. The molecular weight excluding hydrogens is 458 g/mol. The molecule has 180 valence electrons. The number of piperazine rings is 1. The van der Waals surface area contributed by atoms with E-state index in [2.05, 4.69) is 0 Å². The van der Waals surface area contributed by atoms with Gasteiger partial charge in [-0.25, -0.2) is 4.79 Å². The third-order valence-electron chi connectivity index (χ3n) is 6.17. The molecule has 0 spiro atoms. The number of rotatable bonds is 4. The van der Waals surface area contributed by atoms with Gasteiger partial charge in [0.15, 0.2) is 0 Å². The molecule has 1 saturated heterocycles. The Kier molecular flexibility index (Phi) is 6.32. The molecule has 0 aliphatic carbocycles. The Labute approximate surface area is 207 Å². The summed E-state index contributed by atoms with van der Waals surface area (Å²) in [6.07, 6.45) is 0.669. The van der Waals surface area contributed by atoms with Gasteiger partial charge in [-0.2, -0.15) is 0 Å². The van der Waals surface area contributed by atoms with Crippen LogP contribution < -0.4 is 4.74 Å². The highest BCUT2D eigenvalue weighted by molar-refractivity contribution is 6.45. The van der Waals surface area contributed by atoms with Crippen LogP contribution in [0.1, 0.15) is 20.7 Å². The van der Waals surface area contributed by atoms with Crippen molar-refractivity contribution in [2.24, 2.45) is 0 Å². The van der Waals surface area contributed by atoms with Crippen LogP contribution >= 0.6 is 0 Å². The average Bonchev–Trinajstić information content (AvgIpc) is 3.33. The van der Waals surface area contributed by atoms with Gasteiger partial charge in [0.2, 0.25) is 0 Å². The van der Waals surface area contributed by atoms with E-state index in [1.165, 1.54) is 15.7 Å². The fourth-order valence-corrected chi connectivity index (χ4v) is 4.28. The zero-order valence-corrected chi connectivity index (χ0v) is 19.4. The molecule has 1 fully saturated rings. The first-order valence-electron chi connectivity index (χ1n) is 11.6. The van der Waals surface area contributed by atoms with Crippen molar-refractivity contribution in [3.63, 3.8) is 0 Å². The standard InChI is InChI=1S/C28H23N3O5/c32-25(27(34)30-17-15-29(16-18-30)26(33)20-9-3-1-4-10-20)23-19-31(24-14-8-7-13-22(23)24)28(35)36-21-11-5-2-6-12-21/h1-14,19H,15-18H2. The first-order valence-corrected chi connectivity index (χ1v) is 11.6. The summed E-state index contributed by atoms with van der Waals surface area (Å²) in [7, 11) is 0. The lowest BCUT2D eigenvalue weighted by molar-refractivity contribution is -0.127. The van der Waals surface area contributed by atoms with Crippen molar-refractivity contribution in [1.82, 2.24) is 14.4 Å². The fourth-order valence-electron chi connectivity index (χ4n) is 4.28. The predicted octanol–water partition coefficient (Wildman–Crippen LogP) is 3.86. The van der Waals surface area contributed by atoms with Gasteiger partial charge in [-0.05, 0) is 30.3 Å². The molecule has 5 rings (SSSR count). The molecule has 1 aliphatic heterocycles. The fraction of sp³-hybridized carbons (Fsp3) is 0.143. The molecule has 4 aromatic rings. The number of ether oxygens (including phenoxy) is 1. The van der Waals surface area contributed by atoms with Gasteiger partial charge in [0, 0.05) is 43.3 Å². The number of carbonyl (C=O) groups is 4. The minimum atomic E-state index is -0.708. The molecule has 0 bridgehead atoms. The van der Waals surface area contributed by atoms with Gasteiger partial charge in [0.25, 0.3) is 17.6 Å². The van der Waals surface area contributed by atoms with Crippen molar-refractivity contribution >= 4 is 34.6 Å². The van der Waals surface area contributed by atoms with Gasteiger partial charge >= 0.3 is 6.09 Å². The molecule has 0 saturated carbocycles. The van der Waals surface area contributed by atoms with E-state index in [0.717, 1.165) is 0 Å². The van der Waals surface area contributed by atoms with E-state index in [1.54, 1.807) is 77.7 Å². The summed E-state index contributed by atoms with van der Waals surface area (Å²) in [6, 6.07) is 24.4. The van der Waals surface area contributed by atoms with E-state index in [-0.39, 0.29) is 24.6 Å². The topological polar surface area (TPSA) is 88.9 Å². The van der Waals surface area contributed by atoms with E-state index in [9.17, 15) is 19.2 Å². The van der Waals surface area contributed by atoms with E-state index in [1.807, 2.05) is 12.1 Å². The molecule has 0 radical (unpaired) electrons. The summed E-state index contributed by atoms with van der Waals surface area (Å²) < 4.78 is 6.66. The summed E-state index contributed by atoms with van der Waals surface area (Å²) >= 11 is 0. The summed E-state index contributed by atoms with van der Waals surface area (Å²) in [4.78, 5) is 55.0. The Morgan fingerprint density at radius 3 is 1.94 bits per heavy atom. The van der Waals surface area contributed by atoms with Crippen LogP contribution in [0.5, 0.6) is 5.75 Å². The molecule has 8 heteroatoms. The largest absolute Gasteiger partial charge is 0.423 e. The Morgan fingerprint density at radius 2 is 1.25 bits per heavy atom. The highest BCUT2D eigenvalue weighted by Gasteiger charge is 2.31. The summed E-state index contributed by atoms with van der Waals surface area (Å²) in [6.45, 7) is 1.16. The van der Waals surface area contributed by atoms with Crippen molar-refractivity contribution in [3.8, 4) is 5.75 Å². The molecule has 8 nitrogen and oxygen atoms in total. The van der Waals surface area contributed by atoms with Crippen molar-refractivity contribution in [2.75, 3.05) is 26.2 Å². The third kappa shape index (κ3) is 4.48. The third-order valence-corrected chi connectivity index (χ3v) is 6.17. The van der Waals surface area contributed by atoms with E-state index < -0.39 is 17.8 Å². The zero-order chi connectivity index (χ0) is 25.1. The van der Waals surface area contributed by atoms with Gasteiger partial charge < -0.3 is 14.5 Å². The van der Waals surface area contributed by atoms with E-state index in [0.29, 0.717) is 35.3 Å². The molecule has 1 aliphatic rings. The number of para-hydroxylation sites is 2. The number of amides is 2. The second-order valence-corrected chi connectivity index (χ2v) is 8.39. The number of fused-ring (bicyclic) bond motifs is 1. The lowest BCUT2D eigenvalue weighted by atomic mass is 10.1. The lowest BCUT2D eigenvalue weighted by Gasteiger charge is -2.34. The van der Waals surface area contributed by atoms with Crippen molar-refractivity contribution in [3.05, 3.63) is 102 Å². The number of aromatic nitrogens is 1. The smallest absolute Gasteiger partial charge is 0.410 e. The quantitative estimate of drug-likeness (QED) is 0.326. The maximum Gasteiger partial charge on any atom is 0.423 e. The highest BCUT2D eigenvalue weighted by atomic mass is 16.6. The molecule has 0 atom stereocenters. The average molecular weight is 482 g/mol. The number of carbonyl (C=O) groups excluding carboxylic acids is 4. The van der Waals surface area contributed by atoms with Crippen LogP contribution in [-0.2, 0) is 4.79 Å². The van der Waals surface area contributed by atoms with Crippen molar-refractivity contribution in [2.45, 2.75) is 0 Å². The lowest BCUT2D eigenvalue weighted by Crippen LogP contribution is -2.52.